The molecule has 392 valence electrons. The minimum absolute atomic E-state index is 1.01. The fourth-order valence-electron chi connectivity index (χ4n) is 9.11. The molecule has 17 N–H and O–H groups in total. The number of aliphatic hydroxyl groups is 17. The number of aliphatic hydroxyl groups excluding tert-OH is 17. The molecular formula is C36H59N3O29. The summed E-state index contributed by atoms with van der Waals surface area (Å²) >= 11 is 0. The SMILES string of the molecule is [N-]=[N+]=N[C@H]1[C@H]2O[C@H]3[C@H](O)[C@@H](O)[C@@H](O[C@H]4[C@H](O)[C@@H](O)[C@@H](O[C@H]5[C@H](O)[C@@H](O)[C@@H](O[C@H]6[C@H](O)[C@@H](O)[C@@H](O[C@H]7[C@H](O)[C@@H](O)[C@@H](O[C@@H]([C@@H]1O)[C@@H](CO)O2)O[C@@H]7CO)O[C@@H]6CO)O[C@@H]5CO)O[C@@H]4CO)O[C@@H]3CO. The van der Waals surface area contributed by atoms with E-state index in [9.17, 15) is 92.3 Å². The van der Waals surface area contributed by atoms with E-state index in [1.807, 2.05) is 0 Å². The van der Waals surface area contributed by atoms with E-state index < -0.39 is 224 Å². The molecule has 0 amide bonds. The second-order valence-corrected chi connectivity index (χ2v) is 17.0. The first-order chi connectivity index (χ1) is 32.5. The van der Waals surface area contributed by atoms with Gasteiger partial charge in [-0.15, -0.1) is 0 Å². The van der Waals surface area contributed by atoms with Crippen molar-refractivity contribution < 1.29 is 144 Å². The van der Waals surface area contributed by atoms with Gasteiger partial charge >= 0.3 is 0 Å². The number of rotatable bonds is 7. The van der Waals surface area contributed by atoms with Gasteiger partial charge in [-0.05, 0) is 5.53 Å². The van der Waals surface area contributed by atoms with Crippen LogP contribution in [0.5, 0.6) is 0 Å². The maximum absolute atomic E-state index is 11.5. The molecule has 30 atom stereocenters. The van der Waals surface area contributed by atoms with E-state index in [0.29, 0.717) is 0 Å². The van der Waals surface area contributed by atoms with Crippen LogP contribution in [0.3, 0.4) is 0 Å². The number of azide groups is 1. The lowest BCUT2D eigenvalue weighted by Crippen LogP contribution is -2.69. The van der Waals surface area contributed by atoms with Crippen LogP contribution >= 0.6 is 0 Å². The van der Waals surface area contributed by atoms with Crippen molar-refractivity contribution in [3.8, 4) is 0 Å². The number of hydrogen-bond donors (Lipinski definition) is 17. The van der Waals surface area contributed by atoms with Crippen LogP contribution in [0.1, 0.15) is 0 Å². The van der Waals surface area contributed by atoms with Crippen LogP contribution in [0.2, 0.25) is 0 Å². The predicted octanol–water partition coefficient (Wildman–Crippen LogP) is -11.7. The molecule has 16 fully saturated rings. The Balaban J connectivity index is 1.21. The molecule has 0 spiro atoms. The van der Waals surface area contributed by atoms with Gasteiger partial charge in [-0.1, -0.05) is 5.11 Å². The quantitative estimate of drug-likeness (QED) is 0.0640. The summed E-state index contributed by atoms with van der Waals surface area (Å²) in [6, 6.07) is -1.87. The molecule has 0 unspecified atom stereocenters. The zero-order valence-corrected chi connectivity index (χ0v) is 35.4. The molecular weight excluding hydrogens is 938 g/mol. The summed E-state index contributed by atoms with van der Waals surface area (Å²) in [5.41, 5.74) is 9.45. The maximum Gasteiger partial charge on any atom is 0.187 e. The molecule has 0 aromatic carbocycles. The molecule has 32 heteroatoms. The Morgan fingerprint density at radius 3 is 0.676 bits per heavy atom. The smallest absolute Gasteiger partial charge is 0.187 e. The highest BCUT2D eigenvalue weighted by molar-refractivity contribution is 5.02. The average molecular weight is 998 g/mol. The Morgan fingerprint density at radius 2 is 0.471 bits per heavy atom. The first-order valence-corrected chi connectivity index (χ1v) is 21.5. The van der Waals surface area contributed by atoms with Gasteiger partial charge < -0.3 is 144 Å². The van der Waals surface area contributed by atoms with E-state index in [1.54, 1.807) is 0 Å². The van der Waals surface area contributed by atoms with E-state index in [1.165, 1.54) is 0 Å². The topological polar surface area (TPSA) is 503 Å². The Morgan fingerprint density at radius 1 is 0.279 bits per heavy atom. The molecule has 0 radical (unpaired) electrons. The van der Waals surface area contributed by atoms with Crippen molar-refractivity contribution in [3.05, 3.63) is 10.4 Å². The Bertz CT molecular complexity index is 1650. The molecule has 12 bridgehead atoms. The molecule has 16 heterocycles. The molecule has 68 heavy (non-hydrogen) atoms. The van der Waals surface area contributed by atoms with Crippen molar-refractivity contribution in [3.63, 3.8) is 0 Å². The normalized spacial score (nSPS) is 53.9. The van der Waals surface area contributed by atoms with Gasteiger partial charge in [0.25, 0.3) is 0 Å². The van der Waals surface area contributed by atoms with Gasteiger partial charge in [0.2, 0.25) is 0 Å². The molecule has 32 nitrogen and oxygen atoms in total. The van der Waals surface area contributed by atoms with Crippen molar-refractivity contribution in [1.82, 2.24) is 0 Å². The van der Waals surface area contributed by atoms with Crippen LogP contribution in [0.15, 0.2) is 5.11 Å². The Labute approximate surface area is 382 Å². The predicted molar refractivity (Wildman–Crippen MR) is 203 cm³/mol. The second-order valence-electron chi connectivity index (χ2n) is 17.0. The highest BCUT2D eigenvalue weighted by Gasteiger charge is 2.58. The number of nitrogens with zero attached hydrogens (tertiary/aromatic N) is 3. The average Bonchev–Trinajstić information content (AvgIpc) is 3.33. The molecule has 0 aromatic heterocycles. The van der Waals surface area contributed by atoms with Gasteiger partial charge in [0, 0.05) is 4.91 Å². The van der Waals surface area contributed by atoms with E-state index in [0.717, 1.165) is 0 Å². The largest absolute Gasteiger partial charge is 0.394 e. The molecule has 0 aromatic rings. The summed E-state index contributed by atoms with van der Waals surface area (Å²) in [5, 5.41) is 189. The van der Waals surface area contributed by atoms with Crippen molar-refractivity contribution in [2.24, 2.45) is 5.11 Å². The van der Waals surface area contributed by atoms with Crippen molar-refractivity contribution >= 4 is 0 Å². The number of ether oxygens (including phenoxy) is 12. The Hall–Kier alpha value is -1.85. The fourth-order valence-corrected chi connectivity index (χ4v) is 9.11. The molecule has 0 saturated carbocycles. The third kappa shape index (κ3) is 10.4. The zero-order valence-electron chi connectivity index (χ0n) is 35.4. The highest BCUT2D eigenvalue weighted by Crippen LogP contribution is 2.38. The summed E-state index contributed by atoms with van der Waals surface area (Å²) in [6.45, 7) is -6.07. The van der Waals surface area contributed by atoms with E-state index >= 15 is 0 Å². The standard InChI is InChI=1S/C36H59N3O29/c37-39-38-13-14(46)25-7(1-40)57-31(13)63-26-8(2-41)58-33(20(52)15(26)47)65-28-10(4-43)60-35(22(54)17(28)49)67-30-12(6-45)62-36(24(56)19(30)51)68-29-11(5-44)61-34(23(55)18(29)50)66-27-9(3-42)59-32(64-25)21(53)16(27)48/h7-36,40-56H,1-6H2/t7-,8-,9-,10-,11-,12-,13-,14-,15-,16-,17-,18-,19-,20-,21-,22-,23-,24-,25-,26-,27-,28-,29-,30-,31-,32-,33-,34-,35-,36-/m1/s1. The molecule has 0 aliphatic carbocycles. The number of hydrogen-bond acceptors (Lipinski definition) is 30. The molecule has 16 aliphatic rings. The van der Waals surface area contributed by atoms with Gasteiger partial charge in [0.15, 0.2) is 37.7 Å². The van der Waals surface area contributed by atoms with Gasteiger partial charge in [-0.25, -0.2) is 0 Å². The molecule has 16 rings (SSSR count). The second kappa shape index (κ2) is 22.9. The maximum atomic E-state index is 11.5. The third-order valence-corrected chi connectivity index (χ3v) is 12.9. The first kappa shape index (κ1) is 53.9. The minimum Gasteiger partial charge on any atom is -0.394 e. The summed E-state index contributed by atoms with van der Waals surface area (Å²) < 4.78 is 68.4. The third-order valence-electron chi connectivity index (χ3n) is 12.9. The lowest BCUT2D eigenvalue weighted by atomic mass is 9.94. The van der Waals surface area contributed by atoms with E-state index in [2.05, 4.69) is 10.0 Å². The monoisotopic (exact) mass is 997 g/mol. The lowest BCUT2D eigenvalue weighted by Gasteiger charge is -2.50. The van der Waals surface area contributed by atoms with Crippen molar-refractivity contribution in [1.29, 1.82) is 0 Å². The fraction of sp³-hybridized carbons (Fsp3) is 1.00. The Kier molecular flexibility index (Phi) is 18.2. The van der Waals surface area contributed by atoms with Gasteiger partial charge in [0.05, 0.1) is 45.7 Å². The zero-order chi connectivity index (χ0) is 49.5. The molecule has 16 aliphatic heterocycles. The van der Waals surface area contributed by atoms with E-state index in [-0.39, 0.29) is 0 Å². The van der Waals surface area contributed by atoms with Crippen molar-refractivity contribution in [2.45, 2.75) is 184 Å². The summed E-state index contributed by atoms with van der Waals surface area (Å²) in [5.74, 6) is 0. The highest BCUT2D eigenvalue weighted by atomic mass is 16.8. The van der Waals surface area contributed by atoms with Crippen molar-refractivity contribution in [2.75, 3.05) is 39.6 Å². The minimum atomic E-state index is -2.17. The summed E-state index contributed by atoms with van der Waals surface area (Å²) in [7, 11) is 0. The van der Waals surface area contributed by atoms with Crippen LogP contribution in [0.25, 0.3) is 10.4 Å². The molecule has 16 saturated heterocycles. The van der Waals surface area contributed by atoms with E-state index in [4.69, 9.17) is 56.8 Å². The summed E-state index contributed by atoms with van der Waals surface area (Å²) in [6.07, 6.45) is -56.7. The lowest BCUT2D eigenvalue weighted by molar-refractivity contribution is -0.400. The van der Waals surface area contributed by atoms with Gasteiger partial charge in [-0.3, -0.25) is 0 Å². The van der Waals surface area contributed by atoms with Crippen LogP contribution in [0.4, 0.5) is 0 Å². The summed E-state index contributed by atoms with van der Waals surface area (Å²) in [4.78, 5) is 2.67. The van der Waals surface area contributed by atoms with Crippen LogP contribution in [-0.2, 0) is 56.8 Å². The van der Waals surface area contributed by atoms with Crippen LogP contribution in [0, 0.1) is 0 Å². The van der Waals surface area contributed by atoms with Gasteiger partial charge in [0.1, 0.15) is 140 Å². The first-order valence-electron chi connectivity index (χ1n) is 21.5. The van der Waals surface area contributed by atoms with Crippen LogP contribution < -0.4 is 0 Å². The van der Waals surface area contributed by atoms with Crippen LogP contribution in [-0.4, -0.2) is 311 Å². The van der Waals surface area contributed by atoms with Gasteiger partial charge in [-0.2, -0.15) is 0 Å².